The Labute approximate surface area is 195 Å². The minimum Gasteiger partial charge on any atom is -0.731 e. The molecule has 0 spiro atoms. The predicted octanol–water partition coefficient (Wildman–Crippen LogP) is -2.70. The summed E-state index contributed by atoms with van der Waals surface area (Å²) in [5.41, 5.74) is 1.08. The molecule has 1 aliphatic rings. The quantitative estimate of drug-likeness (QED) is 0.163. The van der Waals surface area contributed by atoms with Crippen LogP contribution in [0.3, 0.4) is 0 Å². The third-order valence-corrected chi connectivity index (χ3v) is 5.20. The zero-order chi connectivity index (χ0) is 21.0. The maximum absolute atomic E-state index is 12.7. The van der Waals surface area contributed by atoms with Crippen molar-refractivity contribution >= 4 is 28.1 Å². The number of hydrogen-bond donors (Lipinski definition) is 1. The second-order valence-corrected chi connectivity index (χ2v) is 7.62. The Bertz CT molecular complexity index is 1020. The first-order valence-corrected chi connectivity index (χ1v) is 9.97. The van der Waals surface area contributed by atoms with Crippen LogP contribution in [0.5, 0.6) is 0 Å². The van der Waals surface area contributed by atoms with E-state index in [-0.39, 0.29) is 40.5 Å². The zero-order valence-corrected chi connectivity index (χ0v) is 18.9. The van der Waals surface area contributed by atoms with Crippen molar-refractivity contribution in [1.29, 1.82) is 0 Å². The van der Waals surface area contributed by atoms with E-state index in [4.69, 9.17) is 4.74 Å². The molecule has 1 heterocycles. The molecule has 2 aromatic carbocycles. The molecule has 0 aliphatic carbocycles. The molecule has 0 saturated carbocycles. The van der Waals surface area contributed by atoms with E-state index in [9.17, 15) is 27.4 Å². The van der Waals surface area contributed by atoms with Gasteiger partial charge in [-0.1, -0.05) is 60.7 Å². The van der Waals surface area contributed by atoms with E-state index in [1.165, 1.54) is 0 Å². The SMILES string of the molecule is O=C(NC1CN(S(=O)(=O)[O-])C1=O)C(C(=O)OCc1ccccc1)c1ccccc1.[Na+]. The van der Waals surface area contributed by atoms with Gasteiger partial charge in [0.25, 0.3) is 5.91 Å². The van der Waals surface area contributed by atoms with Crippen molar-refractivity contribution in [2.75, 3.05) is 6.54 Å². The van der Waals surface area contributed by atoms with Crippen molar-refractivity contribution in [2.45, 2.75) is 18.6 Å². The van der Waals surface area contributed by atoms with E-state index in [1.54, 1.807) is 54.6 Å². The zero-order valence-electron chi connectivity index (χ0n) is 16.1. The number of amides is 2. The summed E-state index contributed by atoms with van der Waals surface area (Å²) in [5, 5.41) is 2.31. The van der Waals surface area contributed by atoms with E-state index in [1.807, 2.05) is 6.07 Å². The number of benzene rings is 2. The molecule has 2 unspecified atom stereocenters. The van der Waals surface area contributed by atoms with Crippen LogP contribution < -0.4 is 34.9 Å². The van der Waals surface area contributed by atoms with Crippen LogP contribution in [0.2, 0.25) is 0 Å². The molecule has 3 rings (SSSR count). The van der Waals surface area contributed by atoms with Crippen LogP contribution in [0.4, 0.5) is 0 Å². The van der Waals surface area contributed by atoms with E-state index < -0.39 is 46.6 Å². The van der Waals surface area contributed by atoms with Gasteiger partial charge in [-0.15, -0.1) is 0 Å². The summed E-state index contributed by atoms with van der Waals surface area (Å²) in [4.78, 5) is 37.1. The van der Waals surface area contributed by atoms with E-state index in [0.717, 1.165) is 5.56 Å². The van der Waals surface area contributed by atoms with Crippen LogP contribution in [0.25, 0.3) is 0 Å². The molecule has 30 heavy (non-hydrogen) atoms. The molecule has 0 aromatic heterocycles. The standard InChI is InChI=1S/C19H18N2O7S.Na/c22-17(20-15-11-21(18(15)23)29(25,26)27)16(14-9-5-2-6-10-14)19(24)28-12-13-7-3-1-4-8-13;/h1-10,15-16H,11-12H2,(H,20,22)(H,25,26,27);/q;+1/p-1. The van der Waals surface area contributed by atoms with Gasteiger partial charge >= 0.3 is 35.5 Å². The maximum atomic E-state index is 12.7. The van der Waals surface area contributed by atoms with E-state index in [2.05, 4.69) is 5.32 Å². The number of nitrogens with one attached hydrogen (secondary N) is 1. The summed E-state index contributed by atoms with van der Waals surface area (Å²) >= 11 is 0. The van der Waals surface area contributed by atoms with E-state index >= 15 is 0 Å². The van der Waals surface area contributed by atoms with Gasteiger partial charge in [0.1, 0.15) is 12.6 Å². The first-order chi connectivity index (χ1) is 13.8. The van der Waals surface area contributed by atoms with E-state index in [0.29, 0.717) is 5.56 Å². The van der Waals surface area contributed by atoms with Crippen LogP contribution in [-0.4, -0.2) is 47.6 Å². The summed E-state index contributed by atoms with van der Waals surface area (Å²) in [5.74, 6) is -4.04. The smallest absolute Gasteiger partial charge is 0.731 e. The van der Waals surface area contributed by atoms with Crippen molar-refractivity contribution in [3.8, 4) is 0 Å². The summed E-state index contributed by atoms with van der Waals surface area (Å²) in [6, 6.07) is 15.8. The molecular weight excluding hydrogens is 423 g/mol. The molecule has 2 amide bonds. The fourth-order valence-corrected chi connectivity index (χ4v) is 3.49. The van der Waals surface area contributed by atoms with Gasteiger partial charge in [0, 0.05) is 0 Å². The van der Waals surface area contributed by atoms with Gasteiger partial charge < -0.3 is 14.6 Å². The molecule has 1 aliphatic heterocycles. The fraction of sp³-hybridized carbons (Fsp3) is 0.211. The first kappa shape index (κ1) is 24.0. The fourth-order valence-electron chi connectivity index (χ4n) is 2.81. The van der Waals surface area contributed by atoms with Crippen molar-refractivity contribution < 1.29 is 61.6 Å². The third-order valence-electron chi connectivity index (χ3n) is 4.33. The molecule has 1 N–H and O–H groups in total. The van der Waals surface area contributed by atoms with Crippen LogP contribution in [-0.2, 0) is 36.0 Å². The van der Waals surface area contributed by atoms with Gasteiger partial charge in [-0.2, -0.15) is 0 Å². The Morgan fingerprint density at radius 1 is 1.10 bits per heavy atom. The van der Waals surface area contributed by atoms with Gasteiger partial charge in [-0.05, 0) is 11.1 Å². The normalized spacial score (nSPS) is 16.6. The molecular formula is C19H17N2NaO7S. The minimum atomic E-state index is -4.92. The molecule has 0 radical (unpaired) electrons. The summed E-state index contributed by atoms with van der Waals surface area (Å²) in [6.45, 7) is -0.516. The Kier molecular flexibility index (Phi) is 8.16. The number of β-lactam (4-membered cyclic amide) rings is 1. The average Bonchev–Trinajstić information content (AvgIpc) is 2.70. The molecule has 9 nitrogen and oxygen atoms in total. The Hall–Kier alpha value is -2.24. The van der Waals surface area contributed by atoms with Crippen molar-refractivity contribution in [3.05, 3.63) is 71.8 Å². The second kappa shape index (κ2) is 10.2. The number of hydrogen-bond acceptors (Lipinski definition) is 7. The Balaban J connectivity index is 0.00000320. The molecule has 11 heteroatoms. The number of esters is 1. The van der Waals surface area contributed by atoms with Crippen LogP contribution in [0, 0.1) is 0 Å². The average molecular weight is 440 g/mol. The summed E-state index contributed by atoms with van der Waals surface area (Å²) < 4.78 is 38.1. The van der Waals surface area contributed by atoms with Crippen LogP contribution in [0.1, 0.15) is 17.0 Å². The third kappa shape index (κ3) is 5.67. The minimum absolute atomic E-state index is 0. The second-order valence-electron chi connectivity index (χ2n) is 6.33. The topological polar surface area (TPSA) is 133 Å². The number of carbonyl (C=O) groups excluding carboxylic acids is 3. The van der Waals surface area contributed by atoms with Crippen LogP contribution in [0.15, 0.2) is 60.7 Å². The molecule has 2 aromatic rings. The summed E-state index contributed by atoms with van der Waals surface area (Å²) in [6.07, 6.45) is 0. The monoisotopic (exact) mass is 440 g/mol. The Morgan fingerprint density at radius 2 is 1.67 bits per heavy atom. The molecule has 152 valence electrons. The van der Waals surface area contributed by atoms with Gasteiger partial charge in [0.2, 0.25) is 5.91 Å². The van der Waals surface area contributed by atoms with Crippen LogP contribution >= 0.6 is 0 Å². The molecule has 1 fully saturated rings. The van der Waals surface area contributed by atoms with Gasteiger partial charge in [-0.25, -0.2) is 12.7 Å². The van der Waals surface area contributed by atoms with Gasteiger partial charge in [0.15, 0.2) is 16.2 Å². The van der Waals surface area contributed by atoms with Crippen molar-refractivity contribution in [1.82, 2.24) is 9.62 Å². The first-order valence-electron chi connectivity index (χ1n) is 8.60. The van der Waals surface area contributed by atoms with Crippen molar-refractivity contribution in [3.63, 3.8) is 0 Å². The number of nitrogens with zero attached hydrogens (tertiary/aromatic N) is 1. The largest absolute Gasteiger partial charge is 1.00 e. The molecule has 0 bridgehead atoms. The van der Waals surface area contributed by atoms with Gasteiger partial charge in [-0.3, -0.25) is 14.4 Å². The Morgan fingerprint density at radius 3 is 2.20 bits per heavy atom. The number of rotatable bonds is 7. The summed E-state index contributed by atoms with van der Waals surface area (Å²) in [7, 11) is -4.92. The van der Waals surface area contributed by atoms with Crippen molar-refractivity contribution in [2.24, 2.45) is 0 Å². The molecule has 1 saturated heterocycles. The predicted molar refractivity (Wildman–Crippen MR) is 98.8 cm³/mol. The number of ether oxygens (including phenoxy) is 1. The molecule has 2 atom stereocenters. The van der Waals surface area contributed by atoms with Gasteiger partial charge in [0.05, 0.1) is 6.54 Å². The number of carbonyl (C=O) groups is 3. The maximum Gasteiger partial charge on any atom is 1.00 e.